The number of nitrogens with one attached hydrogen (secondary N) is 1. The van der Waals surface area contributed by atoms with Crippen molar-refractivity contribution in [1.29, 1.82) is 0 Å². The van der Waals surface area contributed by atoms with Crippen molar-refractivity contribution in [2.75, 3.05) is 17.4 Å². The van der Waals surface area contributed by atoms with E-state index in [0.717, 1.165) is 4.31 Å². The molecule has 0 bridgehead atoms. The fourth-order valence-electron chi connectivity index (χ4n) is 3.81. The highest BCUT2D eigenvalue weighted by atomic mass is 35.5. The van der Waals surface area contributed by atoms with Gasteiger partial charge in [0.1, 0.15) is 12.6 Å². The van der Waals surface area contributed by atoms with Gasteiger partial charge < -0.3 is 10.2 Å². The van der Waals surface area contributed by atoms with Gasteiger partial charge in [-0.15, -0.1) is 0 Å². The van der Waals surface area contributed by atoms with Crippen molar-refractivity contribution < 1.29 is 18.0 Å². The summed E-state index contributed by atoms with van der Waals surface area (Å²) < 4.78 is 28.6. The predicted molar refractivity (Wildman–Crippen MR) is 147 cm³/mol. The van der Waals surface area contributed by atoms with Crippen LogP contribution in [0.15, 0.2) is 77.7 Å². The average Bonchev–Trinajstić information content (AvgIpc) is 2.88. The normalized spacial score (nSPS) is 12.0. The van der Waals surface area contributed by atoms with Gasteiger partial charge in [0.25, 0.3) is 10.0 Å². The van der Waals surface area contributed by atoms with E-state index in [-0.39, 0.29) is 23.0 Å². The highest BCUT2D eigenvalue weighted by Gasteiger charge is 2.33. The second-order valence-corrected chi connectivity index (χ2v) is 11.1. The molecular weight excluding hydrogens is 533 g/mol. The lowest BCUT2D eigenvalue weighted by atomic mass is 10.1. The molecule has 0 heterocycles. The summed E-state index contributed by atoms with van der Waals surface area (Å²) in [6.07, 6.45) is 0. The maximum atomic E-state index is 13.8. The summed E-state index contributed by atoms with van der Waals surface area (Å²) in [5.74, 6) is -0.933. The first-order valence-electron chi connectivity index (χ1n) is 11.7. The molecule has 3 rings (SSSR count). The maximum absolute atomic E-state index is 13.8. The third-order valence-corrected chi connectivity index (χ3v) is 8.49. The van der Waals surface area contributed by atoms with Gasteiger partial charge in [-0.25, -0.2) is 8.42 Å². The molecule has 0 saturated carbocycles. The van der Waals surface area contributed by atoms with E-state index in [1.54, 1.807) is 81.4 Å². The molecule has 1 atom stereocenters. The number of carbonyl (C=O) groups excluding carboxylic acids is 2. The fourth-order valence-corrected chi connectivity index (χ4v) is 5.67. The number of amides is 2. The van der Waals surface area contributed by atoms with E-state index in [9.17, 15) is 18.0 Å². The number of rotatable bonds is 10. The van der Waals surface area contributed by atoms with Crippen LogP contribution >= 0.6 is 23.2 Å². The molecule has 196 valence electrons. The first-order chi connectivity index (χ1) is 17.6. The van der Waals surface area contributed by atoms with Crippen molar-refractivity contribution in [1.82, 2.24) is 10.2 Å². The Kier molecular flexibility index (Phi) is 9.59. The van der Waals surface area contributed by atoms with Crippen molar-refractivity contribution in [3.8, 4) is 0 Å². The van der Waals surface area contributed by atoms with Gasteiger partial charge in [0, 0.05) is 23.1 Å². The predicted octanol–water partition coefficient (Wildman–Crippen LogP) is 5.05. The van der Waals surface area contributed by atoms with E-state index in [1.165, 1.54) is 17.0 Å². The van der Waals surface area contributed by atoms with Crippen LogP contribution in [0.2, 0.25) is 10.0 Å². The Labute approximate surface area is 228 Å². The van der Waals surface area contributed by atoms with Crippen LogP contribution < -0.4 is 9.62 Å². The van der Waals surface area contributed by atoms with Crippen molar-refractivity contribution in [3.05, 3.63) is 94.0 Å². The number of sulfonamides is 1. The molecule has 0 aliphatic rings. The molecule has 0 unspecified atom stereocenters. The largest absolute Gasteiger partial charge is 0.355 e. The van der Waals surface area contributed by atoms with E-state index in [0.29, 0.717) is 27.7 Å². The summed E-state index contributed by atoms with van der Waals surface area (Å²) in [4.78, 5) is 27.9. The Balaban J connectivity index is 2.08. The molecule has 2 amide bonds. The Bertz CT molecular complexity index is 1370. The number of hydrogen-bond donors (Lipinski definition) is 1. The minimum atomic E-state index is -4.16. The quantitative estimate of drug-likeness (QED) is 0.375. The average molecular weight is 563 g/mol. The van der Waals surface area contributed by atoms with Crippen LogP contribution in [0.1, 0.15) is 25.0 Å². The third-order valence-electron chi connectivity index (χ3n) is 5.93. The minimum absolute atomic E-state index is 0.0184. The lowest BCUT2D eigenvalue weighted by Gasteiger charge is -2.32. The second kappa shape index (κ2) is 12.4. The summed E-state index contributed by atoms with van der Waals surface area (Å²) in [7, 11) is -4.16. The molecule has 37 heavy (non-hydrogen) atoms. The topological polar surface area (TPSA) is 86.8 Å². The lowest BCUT2D eigenvalue weighted by molar-refractivity contribution is -0.139. The van der Waals surface area contributed by atoms with Gasteiger partial charge in [-0.2, -0.15) is 0 Å². The molecule has 0 aromatic heterocycles. The molecule has 0 fully saturated rings. The standard InChI is InChI=1S/C27H29Cl2N3O4S/c1-4-30-27(34)20(3)31(17-21-11-8-9-14-24(21)29)26(33)18-32(25-16-10-15-23(28)19(25)2)37(35,36)22-12-6-5-7-13-22/h5-16,20H,4,17-18H2,1-3H3,(H,30,34)/t20-/m1/s1. The van der Waals surface area contributed by atoms with E-state index in [1.807, 2.05) is 0 Å². The molecule has 0 aliphatic carbocycles. The summed E-state index contributed by atoms with van der Waals surface area (Å²) in [5, 5.41) is 3.52. The van der Waals surface area contributed by atoms with Crippen LogP contribution in [0.4, 0.5) is 5.69 Å². The zero-order valence-electron chi connectivity index (χ0n) is 20.8. The molecule has 10 heteroatoms. The van der Waals surface area contributed by atoms with E-state index in [2.05, 4.69) is 5.32 Å². The van der Waals surface area contributed by atoms with Crippen molar-refractivity contribution in [2.24, 2.45) is 0 Å². The Hall–Kier alpha value is -3.07. The number of nitrogens with zero attached hydrogens (tertiary/aromatic N) is 2. The molecule has 0 radical (unpaired) electrons. The van der Waals surface area contributed by atoms with Crippen molar-refractivity contribution >= 4 is 50.7 Å². The van der Waals surface area contributed by atoms with Crippen LogP contribution in [0.5, 0.6) is 0 Å². The third kappa shape index (κ3) is 6.63. The number of anilines is 1. The summed E-state index contributed by atoms with van der Waals surface area (Å²) in [5.41, 5.74) is 1.41. The van der Waals surface area contributed by atoms with Gasteiger partial charge in [-0.05, 0) is 62.2 Å². The molecule has 3 aromatic rings. The molecule has 0 spiro atoms. The van der Waals surface area contributed by atoms with Crippen LogP contribution in [-0.2, 0) is 26.2 Å². The summed E-state index contributed by atoms with van der Waals surface area (Å²) >= 11 is 12.7. The first-order valence-corrected chi connectivity index (χ1v) is 13.9. The minimum Gasteiger partial charge on any atom is -0.355 e. The molecular formula is C27H29Cl2N3O4S. The van der Waals surface area contributed by atoms with Crippen LogP contribution in [0.3, 0.4) is 0 Å². The van der Waals surface area contributed by atoms with Crippen LogP contribution in [0.25, 0.3) is 0 Å². The lowest BCUT2D eigenvalue weighted by Crippen LogP contribution is -2.51. The highest BCUT2D eigenvalue weighted by molar-refractivity contribution is 7.92. The summed E-state index contributed by atoms with van der Waals surface area (Å²) in [6.45, 7) is 4.92. The second-order valence-electron chi connectivity index (χ2n) is 8.39. The molecule has 3 aromatic carbocycles. The Morgan fingerprint density at radius 2 is 1.54 bits per heavy atom. The number of hydrogen-bond acceptors (Lipinski definition) is 4. The van der Waals surface area contributed by atoms with Gasteiger partial charge in [-0.1, -0.05) is 65.7 Å². The first kappa shape index (κ1) is 28.5. The van der Waals surface area contributed by atoms with Gasteiger partial charge in [-0.3, -0.25) is 13.9 Å². The highest BCUT2D eigenvalue weighted by Crippen LogP contribution is 2.31. The summed E-state index contributed by atoms with van der Waals surface area (Å²) in [6, 6.07) is 18.8. The monoisotopic (exact) mass is 561 g/mol. The van der Waals surface area contributed by atoms with E-state index >= 15 is 0 Å². The van der Waals surface area contributed by atoms with Crippen LogP contribution in [0, 0.1) is 6.92 Å². The number of halogens is 2. The molecule has 0 aliphatic heterocycles. The molecule has 0 saturated heterocycles. The van der Waals surface area contributed by atoms with Gasteiger partial charge in [0.2, 0.25) is 11.8 Å². The van der Waals surface area contributed by atoms with Gasteiger partial charge in [0.05, 0.1) is 10.6 Å². The maximum Gasteiger partial charge on any atom is 0.264 e. The SMILES string of the molecule is CCNC(=O)[C@@H](C)N(Cc1ccccc1Cl)C(=O)CN(c1cccc(Cl)c1C)S(=O)(=O)c1ccccc1. The Morgan fingerprint density at radius 3 is 2.19 bits per heavy atom. The zero-order chi connectivity index (χ0) is 27.2. The number of carbonyl (C=O) groups is 2. The fraction of sp³-hybridized carbons (Fsp3) is 0.259. The van der Waals surface area contributed by atoms with Crippen LogP contribution in [-0.4, -0.2) is 44.3 Å². The zero-order valence-corrected chi connectivity index (χ0v) is 23.1. The molecule has 1 N–H and O–H groups in total. The van der Waals surface area contributed by atoms with Crippen molar-refractivity contribution in [2.45, 2.75) is 38.3 Å². The van der Waals surface area contributed by atoms with E-state index in [4.69, 9.17) is 23.2 Å². The Morgan fingerprint density at radius 1 is 0.919 bits per heavy atom. The van der Waals surface area contributed by atoms with Gasteiger partial charge in [0.15, 0.2) is 0 Å². The van der Waals surface area contributed by atoms with E-state index < -0.39 is 28.5 Å². The van der Waals surface area contributed by atoms with Crippen molar-refractivity contribution in [3.63, 3.8) is 0 Å². The molecule has 7 nitrogen and oxygen atoms in total. The smallest absolute Gasteiger partial charge is 0.264 e. The number of benzene rings is 3. The van der Waals surface area contributed by atoms with Gasteiger partial charge >= 0.3 is 0 Å². The number of likely N-dealkylation sites (N-methyl/N-ethyl adjacent to an activating group) is 1.